The van der Waals surface area contributed by atoms with E-state index in [-0.39, 0.29) is 0 Å². The Labute approximate surface area is 63.4 Å². The van der Waals surface area contributed by atoms with Crippen molar-refractivity contribution in [2.75, 3.05) is 0 Å². The number of ether oxygens (including phenoxy) is 1. The van der Waals surface area contributed by atoms with Gasteiger partial charge in [-0.15, -0.1) is 0 Å². The summed E-state index contributed by atoms with van der Waals surface area (Å²) in [6, 6.07) is 8.56. The summed E-state index contributed by atoms with van der Waals surface area (Å²) in [5.41, 5.74) is 0. The summed E-state index contributed by atoms with van der Waals surface area (Å²) >= 11 is 4.09. The van der Waals surface area contributed by atoms with Gasteiger partial charge in [0.1, 0.15) is 5.75 Å². The van der Waals surface area contributed by atoms with Crippen LogP contribution in [0.5, 0.6) is 5.75 Å². The molecule has 10 heavy (non-hydrogen) atoms. The maximum atomic E-state index is 11.9. The zero-order valence-electron chi connectivity index (χ0n) is 5.08. The molecule has 0 spiro atoms. The van der Waals surface area contributed by atoms with Gasteiger partial charge in [0.25, 0.3) is 0 Å². The molecule has 0 aliphatic heterocycles. The molecule has 1 aromatic carbocycles. The van der Waals surface area contributed by atoms with Gasteiger partial charge >= 0.3 is 5.30 Å². The van der Waals surface area contributed by atoms with Gasteiger partial charge in [-0.3, -0.25) is 0 Å². The molecule has 0 aliphatic carbocycles. The average molecular weight is 156 g/mol. The maximum Gasteiger partial charge on any atom is 0.347 e. The van der Waals surface area contributed by atoms with Crippen molar-refractivity contribution in [2.45, 2.75) is 0 Å². The molecular weight excluding hydrogens is 151 g/mol. The molecule has 0 aliphatic rings. The van der Waals surface area contributed by atoms with E-state index >= 15 is 0 Å². The quantitative estimate of drug-likeness (QED) is 0.456. The summed E-state index contributed by atoms with van der Waals surface area (Å²) in [6.45, 7) is 0. The zero-order chi connectivity index (χ0) is 7.40. The Kier molecular flexibility index (Phi) is 2.34. The Morgan fingerprint density at radius 2 is 1.90 bits per heavy atom. The van der Waals surface area contributed by atoms with Gasteiger partial charge in [-0.05, 0) is 24.4 Å². The second-order valence-electron chi connectivity index (χ2n) is 1.65. The van der Waals surface area contributed by atoms with E-state index in [4.69, 9.17) is 0 Å². The Bertz CT molecular complexity index is 222. The lowest BCUT2D eigenvalue weighted by atomic mass is 10.3. The van der Waals surface area contributed by atoms with E-state index in [9.17, 15) is 4.39 Å². The highest BCUT2D eigenvalue weighted by Gasteiger charge is 1.93. The monoisotopic (exact) mass is 156 g/mol. The van der Waals surface area contributed by atoms with Gasteiger partial charge in [0.2, 0.25) is 0 Å². The normalized spacial score (nSPS) is 8.90. The summed E-state index contributed by atoms with van der Waals surface area (Å²) < 4.78 is 16.4. The van der Waals surface area contributed by atoms with E-state index in [1.807, 2.05) is 6.07 Å². The molecule has 1 rings (SSSR count). The van der Waals surface area contributed by atoms with E-state index in [2.05, 4.69) is 17.0 Å². The third-order valence-corrected chi connectivity index (χ3v) is 1.02. The van der Waals surface area contributed by atoms with Crippen LogP contribution in [0.3, 0.4) is 0 Å². The fraction of sp³-hybridized carbons (Fsp3) is 0. The van der Waals surface area contributed by atoms with Gasteiger partial charge in [-0.1, -0.05) is 18.2 Å². The van der Waals surface area contributed by atoms with Gasteiger partial charge in [-0.2, -0.15) is 4.39 Å². The summed E-state index contributed by atoms with van der Waals surface area (Å²) in [7, 11) is 0. The van der Waals surface area contributed by atoms with Crippen LogP contribution in [-0.4, -0.2) is 5.30 Å². The van der Waals surface area contributed by atoms with Crippen molar-refractivity contribution in [3.8, 4) is 5.75 Å². The van der Waals surface area contributed by atoms with Gasteiger partial charge in [0.05, 0.1) is 0 Å². The summed E-state index contributed by atoms with van der Waals surface area (Å²) in [6.07, 6.45) is 0. The molecule has 0 amide bonds. The van der Waals surface area contributed by atoms with E-state index in [1.165, 1.54) is 0 Å². The first-order valence-corrected chi connectivity index (χ1v) is 3.12. The highest BCUT2D eigenvalue weighted by atomic mass is 32.1. The van der Waals surface area contributed by atoms with E-state index in [1.54, 1.807) is 24.3 Å². The molecule has 0 bridgehead atoms. The van der Waals surface area contributed by atoms with Crippen LogP contribution in [-0.2, 0) is 0 Å². The molecule has 0 atom stereocenters. The number of hydrogen-bond donors (Lipinski definition) is 0. The maximum absolute atomic E-state index is 11.9. The molecule has 52 valence electrons. The van der Waals surface area contributed by atoms with Crippen LogP contribution in [0.1, 0.15) is 0 Å². The average Bonchev–Trinajstić information content (AvgIpc) is 1.88. The van der Waals surface area contributed by atoms with Crippen LogP contribution < -0.4 is 4.74 Å². The third-order valence-electron chi connectivity index (χ3n) is 0.941. The molecule has 0 unspecified atom stereocenters. The second-order valence-corrected chi connectivity index (χ2v) is 1.97. The Morgan fingerprint density at radius 3 is 2.40 bits per heavy atom. The molecule has 0 radical (unpaired) electrons. The van der Waals surface area contributed by atoms with Gasteiger partial charge in [0, 0.05) is 0 Å². The number of rotatable bonds is 1. The summed E-state index contributed by atoms with van der Waals surface area (Å²) in [4.78, 5) is 0. The lowest BCUT2D eigenvalue weighted by Crippen LogP contribution is -1.95. The van der Waals surface area contributed by atoms with E-state index in [0.29, 0.717) is 5.75 Å². The molecule has 0 N–H and O–H groups in total. The van der Waals surface area contributed by atoms with Gasteiger partial charge in [-0.25, -0.2) is 0 Å². The fourth-order valence-electron chi connectivity index (χ4n) is 0.581. The first-order chi connectivity index (χ1) is 4.79. The number of benzene rings is 1. The van der Waals surface area contributed by atoms with Crippen molar-refractivity contribution in [3.63, 3.8) is 0 Å². The number of para-hydroxylation sites is 1. The lowest BCUT2D eigenvalue weighted by molar-refractivity contribution is 0.483. The Balaban J connectivity index is 2.67. The third kappa shape index (κ3) is 2.11. The number of halogens is 1. The standard InChI is InChI=1S/C7H5FOS/c8-7(10)9-6-4-2-1-3-5-6/h1-5H. The van der Waals surface area contributed by atoms with Crippen molar-refractivity contribution in [1.82, 2.24) is 0 Å². The lowest BCUT2D eigenvalue weighted by Gasteiger charge is -1.96. The predicted octanol–water partition coefficient (Wildman–Crippen LogP) is 2.32. The van der Waals surface area contributed by atoms with Crippen LogP contribution in [0.2, 0.25) is 0 Å². The molecule has 3 heteroatoms. The second kappa shape index (κ2) is 3.27. The van der Waals surface area contributed by atoms with Crippen molar-refractivity contribution < 1.29 is 9.13 Å². The van der Waals surface area contributed by atoms with Crippen molar-refractivity contribution in [3.05, 3.63) is 30.3 Å². The summed E-state index contributed by atoms with van der Waals surface area (Å²) in [5.74, 6) is 0.426. The smallest absolute Gasteiger partial charge is 0.347 e. The van der Waals surface area contributed by atoms with Crippen molar-refractivity contribution >= 4 is 17.5 Å². The first-order valence-electron chi connectivity index (χ1n) is 2.71. The highest BCUT2D eigenvalue weighted by molar-refractivity contribution is 7.79. The molecular formula is C7H5FOS. The first kappa shape index (κ1) is 7.15. The molecule has 0 saturated carbocycles. The van der Waals surface area contributed by atoms with E-state index < -0.39 is 5.30 Å². The van der Waals surface area contributed by atoms with Gasteiger partial charge in [0.15, 0.2) is 0 Å². The SMILES string of the molecule is FC(=S)Oc1ccccc1. The van der Waals surface area contributed by atoms with Crippen LogP contribution in [0, 0.1) is 0 Å². The zero-order valence-corrected chi connectivity index (χ0v) is 5.90. The minimum Gasteiger partial charge on any atom is -0.423 e. The molecule has 0 saturated heterocycles. The predicted molar refractivity (Wildman–Crippen MR) is 40.8 cm³/mol. The van der Waals surface area contributed by atoms with Crippen molar-refractivity contribution in [2.24, 2.45) is 0 Å². The fourth-order valence-corrected chi connectivity index (χ4v) is 0.677. The number of hydrogen-bond acceptors (Lipinski definition) is 2. The topological polar surface area (TPSA) is 9.23 Å². The molecule has 0 fully saturated rings. The summed E-state index contributed by atoms with van der Waals surface area (Å²) in [5, 5.41) is -0.953. The van der Waals surface area contributed by atoms with Crippen LogP contribution >= 0.6 is 12.2 Å². The minimum atomic E-state index is -0.953. The molecule has 1 nitrogen and oxygen atoms in total. The Hall–Kier alpha value is -0.960. The Morgan fingerprint density at radius 1 is 1.30 bits per heavy atom. The van der Waals surface area contributed by atoms with Crippen LogP contribution in [0.4, 0.5) is 4.39 Å². The van der Waals surface area contributed by atoms with Gasteiger partial charge < -0.3 is 4.74 Å². The highest BCUT2D eigenvalue weighted by Crippen LogP contribution is 2.08. The molecule has 0 aromatic heterocycles. The largest absolute Gasteiger partial charge is 0.423 e. The minimum absolute atomic E-state index is 0.426. The van der Waals surface area contributed by atoms with E-state index in [0.717, 1.165) is 0 Å². The van der Waals surface area contributed by atoms with Crippen molar-refractivity contribution in [1.29, 1.82) is 0 Å². The van der Waals surface area contributed by atoms with Crippen LogP contribution in [0.15, 0.2) is 30.3 Å². The number of thiocarbonyl (C=S) groups is 1. The molecule has 0 heterocycles. The van der Waals surface area contributed by atoms with Crippen LogP contribution in [0.25, 0.3) is 0 Å². The molecule has 1 aromatic rings.